The van der Waals surface area contributed by atoms with Crippen LogP contribution >= 0.6 is 19.2 Å². The number of rotatable bonds is 6. The highest BCUT2D eigenvalue weighted by molar-refractivity contribution is 7.75. The Bertz CT molecular complexity index is 471. The Labute approximate surface area is 121 Å². The summed E-state index contributed by atoms with van der Waals surface area (Å²) in [6, 6.07) is 6.24. The van der Waals surface area contributed by atoms with E-state index in [4.69, 9.17) is 20.7 Å². The van der Waals surface area contributed by atoms with Gasteiger partial charge in [-0.1, -0.05) is 41.6 Å². The number of benzene rings is 1. The molecule has 2 unspecified atom stereocenters. The maximum Gasteiger partial charge on any atom is 0.188 e. The fourth-order valence-corrected chi connectivity index (χ4v) is 3.04. The fourth-order valence-electron chi connectivity index (χ4n) is 2.11. The summed E-state index contributed by atoms with van der Waals surface area (Å²) in [4.78, 5) is 0. The van der Waals surface area contributed by atoms with E-state index in [0.717, 1.165) is 23.9 Å². The highest BCUT2D eigenvalue weighted by atomic mass is 35.7. The topological polar surface area (TPSA) is 18.5 Å². The van der Waals surface area contributed by atoms with Gasteiger partial charge < -0.3 is 9.47 Å². The molecular formula is C15H18ClO2P. The lowest BCUT2D eigenvalue weighted by Gasteiger charge is -2.15. The van der Waals surface area contributed by atoms with Crippen molar-refractivity contribution in [3.8, 4) is 5.75 Å². The Hall–Kier alpha value is -0.820. The number of hydrogen-bond donors (Lipinski definition) is 0. The molecule has 1 aromatic carbocycles. The molecule has 2 atom stereocenters. The molecular weight excluding hydrogens is 279 g/mol. The summed E-state index contributed by atoms with van der Waals surface area (Å²) in [5.74, 6) is 1.40. The van der Waals surface area contributed by atoms with Crippen molar-refractivity contribution in [2.75, 3.05) is 13.9 Å². The van der Waals surface area contributed by atoms with Crippen LogP contribution in [0.2, 0.25) is 0 Å². The highest BCUT2D eigenvalue weighted by Gasteiger charge is 2.09. The van der Waals surface area contributed by atoms with E-state index in [1.54, 1.807) is 7.11 Å². The van der Waals surface area contributed by atoms with E-state index in [0.29, 0.717) is 5.92 Å². The van der Waals surface area contributed by atoms with Gasteiger partial charge in [0.15, 0.2) is 6.79 Å². The molecule has 0 saturated heterocycles. The minimum absolute atomic E-state index is 0.208. The van der Waals surface area contributed by atoms with E-state index in [1.807, 2.05) is 6.07 Å². The van der Waals surface area contributed by atoms with Crippen LogP contribution in [0.25, 0.3) is 0 Å². The summed E-state index contributed by atoms with van der Waals surface area (Å²) in [6.45, 7) is 0.254. The number of ether oxygens (including phenoxy) is 2. The van der Waals surface area contributed by atoms with Gasteiger partial charge in [-0.3, -0.25) is 0 Å². The van der Waals surface area contributed by atoms with Crippen LogP contribution in [0.5, 0.6) is 5.75 Å². The third-order valence-electron chi connectivity index (χ3n) is 3.05. The summed E-state index contributed by atoms with van der Waals surface area (Å²) in [5.41, 5.74) is 1.30. The van der Waals surface area contributed by atoms with Crippen molar-refractivity contribution in [3.63, 3.8) is 0 Å². The molecule has 2 nitrogen and oxygen atoms in total. The van der Waals surface area contributed by atoms with Crippen LogP contribution < -0.4 is 10.0 Å². The molecule has 0 fully saturated rings. The van der Waals surface area contributed by atoms with Crippen LogP contribution in [-0.2, 0) is 11.2 Å². The molecule has 0 heterocycles. The second kappa shape index (κ2) is 7.69. The molecule has 0 saturated carbocycles. The normalized spacial score (nSPS) is 18.3. The number of hydrogen-bond acceptors (Lipinski definition) is 2. The molecule has 4 heteroatoms. The maximum absolute atomic E-state index is 6.01. The summed E-state index contributed by atoms with van der Waals surface area (Å²) in [7, 11) is 1.82. The van der Waals surface area contributed by atoms with Gasteiger partial charge in [-0.15, -0.1) is 0 Å². The van der Waals surface area contributed by atoms with Gasteiger partial charge in [0.2, 0.25) is 0 Å². The molecule has 1 aliphatic carbocycles. The van der Waals surface area contributed by atoms with Crippen LogP contribution in [0.1, 0.15) is 12.0 Å². The summed E-state index contributed by atoms with van der Waals surface area (Å²) in [5, 5.41) is 1.05. The molecule has 1 aliphatic rings. The largest absolute Gasteiger partial charge is 0.467 e. The smallest absolute Gasteiger partial charge is 0.188 e. The van der Waals surface area contributed by atoms with Crippen LogP contribution in [0, 0.1) is 5.92 Å². The number of halogens is 1. The van der Waals surface area contributed by atoms with Gasteiger partial charge >= 0.3 is 0 Å². The average Bonchev–Trinajstić information content (AvgIpc) is 2.47. The first-order valence-electron chi connectivity index (χ1n) is 6.28. The van der Waals surface area contributed by atoms with E-state index < -0.39 is 0 Å². The Morgan fingerprint density at radius 2 is 2.26 bits per heavy atom. The SMILES string of the molecule is COCOc1ccc(CC2C=CC=CC2)cc1PCl. The predicted molar refractivity (Wildman–Crippen MR) is 82.8 cm³/mol. The zero-order chi connectivity index (χ0) is 13.5. The lowest BCUT2D eigenvalue weighted by atomic mass is 9.93. The quantitative estimate of drug-likeness (QED) is 0.587. The lowest BCUT2D eigenvalue weighted by molar-refractivity contribution is 0.0519. The molecule has 2 rings (SSSR count). The van der Waals surface area contributed by atoms with E-state index in [2.05, 4.69) is 36.4 Å². The summed E-state index contributed by atoms with van der Waals surface area (Å²) in [6.07, 6.45) is 10.8. The molecule has 1 aromatic rings. The molecule has 0 amide bonds. The van der Waals surface area contributed by atoms with Crippen molar-refractivity contribution in [1.29, 1.82) is 0 Å². The van der Waals surface area contributed by atoms with Crippen molar-refractivity contribution < 1.29 is 9.47 Å². The van der Waals surface area contributed by atoms with E-state index in [1.165, 1.54) is 5.56 Å². The minimum Gasteiger partial charge on any atom is -0.467 e. The number of methoxy groups -OCH3 is 1. The molecule has 0 N–H and O–H groups in total. The molecule has 102 valence electrons. The Kier molecular flexibility index (Phi) is 5.91. The monoisotopic (exact) mass is 296 g/mol. The van der Waals surface area contributed by atoms with E-state index >= 15 is 0 Å². The van der Waals surface area contributed by atoms with Gasteiger partial charge in [0.1, 0.15) is 5.75 Å². The van der Waals surface area contributed by atoms with E-state index in [-0.39, 0.29) is 14.7 Å². The van der Waals surface area contributed by atoms with Crippen LogP contribution in [0.4, 0.5) is 0 Å². The predicted octanol–water partition coefficient (Wildman–Crippen LogP) is 3.80. The van der Waals surface area contributed by atoms with Gasteiger partial charge in [0, 0.05) is 20.3 Å². The molecule has 19 heavy (non-hydrogen) atoms. The van der Waals surface area contributed by atoms with E-state index in [9.17, 15) is 0 Å². The first-order valence-corrected chi connectivity index (χ1v) is 8.29. The van der Waals surface area contributed by atoms with Gasteiger partial charge in [-0.2, -0.15) is 0 Å². The third-order valence-corrected chi connectivity index (χ3v) is 4.25. The van der Waals surface area contributed by atoms with Crippen molar-refractivity contribution >= 4 is 24.5 Å². The maximum atomic E-state index is 6.01. The van der Waals surface area contributed by atoms with Crippen molar-refractivity contribution in [2.45, 2.75) is 12.8 Å². The average molecular weight is 297 g/mol. The fraction of sp³-hybridized carbons (Fsp3) is 0.333. The number of allylic oxidation sites excluding steroid dienone is 4. The van der Waals surface area contributed by atoms with Gasteiger partial charge in [-0.05, 0) is 36.5 Å². The zero-order valence-electron chi connectivity index (χ0n) is 10.9. The van der Waals surface area contributed by atoms with Gasteiger partial charge in [0.05, 0.1) is 0 Å². The van der Waals surface area contributed by atoms with Crippen LogP contribution in [0.15, 0.2) is 42.5 Å². The highest BCUT2D eigenvalue weighted by Crippen LogP contribution is 2.26. The summed E-state index contributed by atoms with van der Waals surface area (Å²) < 4.78 is 10.4. The molecule has 0 bridgehead atoms. The molecule has 0 aromatic heterocycles. The standard InChI is InChI=1S/C15H18ClO2P/c1-17-11-18-14-8-7-13(10-15(14)19-16)9-12-5-3-2-4-6-12/h2-5,7-8,10,12,19H,6,9,11H2,1H3. The Morgan fingerprint density at radius 3 is 2.95 bits per heavy atom. The summed E-state index contributed by atoms with van der Waals surface area (Å²) >= 11 is 6.01. The second-order valence-corrected chi connectivity index (χ2v) is 5.78. The van der Waals surface area contributed by atoms with Crippen LogP contribution in [-0.4, -0.2) is 13.9 Å². The molecule has 0 aliphatic heterocycles. The van der Waals surface area contributed by atoms with Crippen molar-refractivity contribution in [3.05, 3.63) is 48.1 Å². The van der Waals surface area contributed by atoms with Crippen LogP contribution in [0.3, 0.4) is 0 Å². The minimum atomic E-state index is 0.208. The van der Waals surface area contributed by atoms with Crippen molar-refractivity contribution in [2.24, 2.45) is 5.92 Å². The van der Waals surface area contributed by atoms with Gasteiger partial charge in [-0.25, -0.2) is 0 Å². The molecule has 0 radical (unpaired) electrons. The zero-order valence-corrected chi connectivity index (χ0v) is 12.7. The first kappa shape index (κ1) is 14.6. The van der Waals surface area contributed by atoms with Gasteiger partial charge in [0.25, 0.3) is 0 Å². The Morgan fingerprint density at radius 1 is 1.37 bits per heavy atom. The Balaban J connectivity index is 2.05. The van der Waals surface area contributed by atoms with Crippen molar-refractivity contribution in [1.82, 2.24) is 0 Å². The lowest BCUT2D eigenvalue weighted by Crippen LogP contribution is -2.09. The third kappa shape index (κ3) is 4.35. The second-order valence-electron chi connectivity index (χ2n) is 4.49. The first-order chi connectivity index (χ1) is 9.33. The molecule has 0 spiro atoms.